The molecule has 10 heteroatoms. The number of nitrogens with one attached hydrogen (secondary N) is 1. The summed E-state index contributed by atoms with van der Waals surface area (Å²) in [6.07, 6.45) is 1.70. The summed E-state index contributed by atoms with van der Waals surface area (Å²) in [6, 6.07) is 20.3. The Morgan fingerprint density at radius 3 is 2.03 bits per heavy atom. The van der Waals surface area contributed by atoms with Crippen LogP contribution >= 0.6 is 0 Å². The molecule has 0 radical (unpaired) electrons. The Balaban J connectivity index is 1.56. The van der Waals surface area contributed by atoms with Crippen LogP contribution in [0.2, 0.25) is 0 Å². The van der Waals surface area contributed by atoms with E-state index in [2.05, 4.69) is 5.32 Å². The second-order valence-corrected chi connectivity index (χ2v) is 11.8. The maximum absolute atomic E-state index is 13.0. The number of carbonyl (C=O) groups excluding carboxylic acids is 1. The normalized spacial score (nSPS) is 14.6. The van der Waals surface area contributed by atoms with E-state index in [0.29, 0.717) is 18.8 Å². The first kappa shape index (κ1) is 23.9. The number of amides is 1. The van der Waals surface area contributed by atoms with Crippen molar-refractivity contribution >= 4 is 37.3 Å². The van der Waals surface area contributed by atoms with Crippen LogP contribution in [-0.2, 0) is 20.0 Å². The third-order valence-electron chi connectivity index (χ3n) is 5.70. The van der Waals surface area contributed by atoms with Crippen molar-refractivity contribution in [2.24, 2.45) is 0 Å². The Kier molecular flexibility index (Phi) is 6.74. The highest BCUT2D eigenvalue weighted by atomic mass is 32.2. The van der Waals surface area contributed by atoms with Gasteiger partial charge in [0, 0.05) is 25.8 Å². The average Bonchev–Trinajstić information content (AvgIpc) is 3.40. The fourth-order valence-electron chi connectivity index (χ4n) is 3.81. The number of nitrogens with zero attached hydrogens (tertiary/aromatic N) is 2. The quantitative estimate of drug-likeness (QED) is 0.535. The average molecular weight is 500 g/mol. The fourth-order valence-corrected chi connectivity index (χ4v) is 6.56. The third-order valence-corrected chi connectivity index (χ3v) is 9.40. The van der Waals surface area contributed by atoms with Crippen molar-refractivity contribution in [2.45, 2.75) is 22.6 Å². The SMILES string of the molecule is CN(c1ccccc1C(=O)Nc1ccc(S(=O)(=O)N2CCCC2)cc1)S(=O)(=O)c1ccccc1. The molecule has 1 fully saturated rings. The van der Waals surface area contributed by atoms with Gasteiger partial charge in [-0.25, -0.2) is 16.8 Å². The molecule has 4 rings (SSSR count). The minimum Gasteiger partial charge on any atom is -0.322 e. The van der Waals surface area contributed by atoms with Crippen LogP contribution in [0.1, 0.15) is 23.2 Å². The Morgan fingerprint density at radius 2 is 1.38 bits per heavy atom. The first-order valence-corrected chi connectivity index (χ1v) is 13.6. The zero-order valence-corrected chi connectivity index (χ0v) is 20.2. The van der Waals surface area contributed by atoms with E-state index < -0.39 is 26.0 Å². The Bertz CT molecular complexity index is 1380. The van der Waals surface area contributed by atoms with E-state index in [1.807, 2.05) is 0 Å². The van der Waals surface area contributed by atoms with Gasteiger partial charge in [0.25, 0.3) is 15.9 Å². The fraction of sp³-hybridized carbons (Fsp3) is 0.208. The molecule has 0 atom stereocenters. The van der Waals surface area contributed by atoms with Gasteiger partial charge in [-0.05, 0) is 61.4 Å². The third kappa shape index (κ3) is 4.70. The lowest BCUT2D eigenvalue weighted by Crippen LogP contribution is -2.29. The largest absolute Gasteiger partial charge is 0.322 e. The maximum Gasteiger partial charge on any atom is 0.264 e. The summed E-state index contributed by atoms with van der Waals surface area (Å²) in [5.74, 6) is -0.513. The molecule has 178 valence electrons. The second-order valence-electron chi connectivity index (χ2n) is 7.89. The predicted molar refractivity (Wildman–Crippen MR) is 131 cm³/mol. The van der Waals surface area contributed by atoms with Crippen LogP contribution < -0.4 is 9.62 Å². The number of para-hydroxylation sites is 1. The van der Waals surface area contributed by atoms with Crippen LogP contribution in [0.4, 0.5) is 11.4 Å². The minimum absolute atomic E-state index is 0.113. The number of carbonyl (C=O) groups is 1. The number of sulfonamides is 2. The van der Waals surface area contributed by atoms with Crippen LogP contribution in [0, 0.1) is 0 Å². The smallest absolute Gasteiger partial charge is 0.264 e. The minimum atomic E-state index is -3.87. The lowest BCUT2D eigenvalue weighted by molar-refractivity contribution is 0.102. The summed E-state index contributed by atoms with van der Waals surface area (Å²) in [5.41, 5.74) is 0.782. The number of benzene rings is 3. The summed E-state index contributed by atoms with van der Waals surface area (Å²) >= 11 is 0. The Morgan fingerprint density at radius 1 is 0.794 bits per heavy atom. The van der Waals surface area contributed by atoms with E-state index in [0.717, 1.165) is 17.1 Å². The van der Waals surface area contributed by atoms with Crippen LogP contribution in [-0.4, -0.2) is 47.2 Å². The van der Waals surface area contributed by atoms with Gasteiger partial charge >= 0.3 is 0 Å². The molecule has 3 aromatic rings. The molecule has 0 unspecified atom stereocenters. The van der Waals surface area contributed by atoms with Crippen LogP contribution in [0.3, 0.4) is 0 Å². The first-order valence-electron chi connectivity index (χ1n) is 10.8. The number of hydrogen-bond donors (Lipinski definition) is 1. The molecule has 0 aliphatic carbocycles. The predicted octanol–water partition coefficient (Wildman–Crippen LogP) is 3.55. The zero-order valence-electron chi connectivity index (χ0n) is 18.6. The highest BCUT2D eigenvalue weighted by molar-refractivity contribution is 7.92. The summed E-state index contributed by atoms with van der Waals surface area (Å²) in [4.78, 5) is 13.3. The van der Waals surface area contributed by atoms with E-state index in [1.54, 1.807) is 36.4 Å². The van der Waals surface area contributed by atoms with Crippen molar-refractivity contribution in [1.82, 2.24) is 4.31 Å². The maximum atomic E-state index is 13.0. The van der Waals surface area contributed by atoms with Crippen molar-refractivity contribution in [1.29, 1.82) is 0 Å². The van der Waals surface area contributed by atoms with Crippen LogP contribution in [0.25, 0.3) is 0 Å². The summed E-state index contributed by atoms with van der Waals surface area (Å²) < 4.78 is 54.0. The highest BCUT2D eigenvalue weighted by Crippen LogP contribution is 2.27. The van der Waals surface area contributed by atoms with Crippen molar-refractivity contribution in [2.75, 3.05) is 29.8 Å². The van der Waals surface area contributed by atoms with E-state index >= 15 is 0 Å². The molecule has 0 saturated carbocycles. The van der Waals surface area contributed by atoms with Gasteiger partial charge in [-0.2, -0.15) is 4.31 Å². The molecule has 1 amide bonds. The van der Waals surface area contributed by atoms with E-state index in [-0.39, 0.29) is 21.0 Å². The van der Waals surface area contributed by atoms with Crippen LogP contribution in [0.15, 0.2) is 88.7 Å². The Labute approximate surface area is 199 Å². The molecule has 34 heavy (non-hydrogen) atoms. The van der Waals surface area contributed by atoms with Gasteiger partial charge in [0.2, 0.25) is 10.0 Å². The molecule has 8 nitrogen and oxygen atoms in total. The van der Waals surface area contributed by atoms with Gasteiger partial charge in [0.15, 0.2) is 0 Å². The lowest BCUT2D eigenvalue weighted by Gasteiger charge is -2.22. The van der Waals surface area contributed by atoms with Crippen LogP contribution in [0.5, 0.6) is 0 Å². The van der Waals surface area contributed by atoms with Gasteiger partial charge in [-0.15, -0.1) is 0 Å². The number of anilines is 2. The van der Waals surface area contributed by atoms with Gasteiger partial charge in [0.05, 0.1) is 21.0 Å². The summed E-state index contributed by atoms with van der Waals surface area (Å²) in [6.45, 7) is 1.02. The van der Waals surface area contributed by atoms with E-state index in [1.165, 1.54) is 53.8 Å². The molecule has 1 N–H and O–H groups in total. The topological polar surface area (TPSA) is 104 Å². The zero-order chi connectivity index (χ0) is 24.3. The van der Waals surface area contributed by atoms with Gasteiger partial charge in [-0.1, -0.05) is 30.3 Å². The first-order chi connectivity index (χ1) is 16.2. The molecule has 3 aromatic carbocycles. The standard InChI is InChI=1S/C24H25N3O5S2/c1-26(33(29,30)20-9-3-2-4-10-20)23-12-6-5-11-22(23)24(28)25-19-13-15-21(16-14-19)34(31,32)27-17-7-8-18-27/h2-6,9-16H,7-8,17-18H2,1H3,(H,25,28). The molecule has 0 bridgehead atoms. The van der Waals surface area contributed by atoms with E-state index in [4.69, 9.17) is 0 Å². The van der Waals surface area contributed by atoms with Crippen molar-refractivity contribution < 1.29 is 21.6 Å². The van der Waals surface area contributed by atoms with E-state index in [9.17, 15) is 21.6 Å². The van der Waals surface area contributed by atoms with Crippen molar-refractivity contribution in [3.8, 4) is 0 Å². The summed E-state index contributed by atoms with van der Waals surface area (Å²) in [7, 11) is -6.02. The van der Waals surface area contributed by atoms with Crippen molar-refractivity contribution in [3.63, 3.8) is 0 Å². The van der Waals surface area contributed by atoms with Crippen molar-refractivity contribution in [3.05, 3.63) is 84.4 Å². The molecule has 1 aliphatic rings. The molecule has 1 saturated heterocycles. The summed E-state index contributed by atoms with van der Waals surface area (Å²) in [5, 5.41) is 2.72. The molecule has 0 aromatic heterocycles. The molecule has 0 spiro atoms. The highest BCUT2D eigenvalue weighted by Gasteiger charge is 2.27. The second kappa shape index (κ2) is 9.57. The van der Waals surface area contributed by atoms with Gasteiger partial charge in [-0.3, -0.25) is 9.10 Å². The lowest BCUT2D eigenvalue weighted by atomic mass is 10.1. The molecule has 1 aliphatic heterocycles. The van der Waals surface area contributed by atoms with Gasteiger partial charge in [0.1, 0.15) is 0 Å². The molecular formula is C24H25N3O5S2. The number of rotatable bonds is 7. The van der Waals surface area contributed by atoms with Gasteiger partial charge < -0.3 is 5.32 Å². The molecule has 1 heterocycles. The Hall–Kier alpha value is -3.21. The molecular weight excluding hydrogens is 474 g/mol. The number of hydrogen-bond acceptors (Lipinski definition) is 5. The monoisotopic (exact) mass is 499 g/mol.